The van der Waals surface area contributed by atoms with E-state index < -0.39 is 0 Å². The minimum atomic E-state index is 0.123. The van der Waals surface area contributed by atoms with Crippen LogP contribution in [0.1, 0.15) is 45.4 Å². The molecule has 0 spiro atoms. The van der Waals surface area contributed by atoms with Crippen molar-refractivity contribution in [2.75, 3.05) is 23.3 Å². The second kappa shape index (κ2) is 7.17. The van der Waals surface area contributed by atoms with Crippen molar-refractivity contribution in [1.82, 2.24) is 0 Å². The third-order valence-electron chi connectivity index (χ3n) is 3.61. The van der Waals surface area contributed by atoms with E-state index in [9.17, 15) is 4.79 Å². The summed E-state index contributed by atoms with van der Waals surface area (Å²) in [4.78, 5) is 14.1. The number of anilines is 2. The van der Waals surface area contributed by atoms with E-state index in [0.717, 1.165) is 31.6 Å². The van der Waals surface area contributed by atoms with Gasteiger partial charge in [-0.1, -0.05) is 19.4 Å². The second-order valence-electron chi connectivity index (χ2n) is 5.25. The highest BCUT2D eigenvalue weighted by Crippen LogP contribution is 2.23. The Morgan fingerprint density at radius 3 is 2.79 bits per heavy atom. The molecule has 2 rings (SSSR count). The van der Waals surface area contributed by atoms with Crippen molar-refractivity contribution in [3.63, 3.8) is 0 Å². The molecule has 0 aliphatic carbocycles. The van der Waals surface area contributed by atoms with Gasteiger partial charge in [0.05, 0.1) is 0 Å². The molecule has 1 aromatic carbocycles. The fourth-order valence-corrected chi connectivity index (χ4v) is 2.49. The molecular weight excluding hydrogens is 236 g/mol. The van der Waals surface area contributed by atoms with E-state index in [1.54, 1.807) is 0 Å². The van der Waals surface area contributed by atoms with Gasteiger partial charge in [-0.05, 0) is 43.9 Å². The monoisotopic (exact) mass is 260 g/mol. The number of hydrogen-bond acceptors (Lipinski definition) is 2. The number of benzene rings is 1. The van der Waals surface area contributed by atoms with Gasteiger partial charge in [0.2, 0.25) is 5.91 Å². The van der Waals surface area contributed by atoms with Crippen LogP contribution in [-0.2, 0) is 4.79 Å². The summed E-state index contributed by atoms with van der Waals surface area (Å²) in [6.45, 7) is 4.37. The summed E-state index contributed by atoms with van der Waals surface area (Å²) in [6, 6.07) is 8.22. The van der Waals surface area contributed by atoms with Gasteiger partial charge in [-0.25, -0.2) is 0 Å². The predicted molar refractivity (Wildman–Crippen MR) is 80.7 cm³/mol. The predicted octanol–water partition coefficient (Wildman–Crippen LogP) is 3.81. The summed E-state index contributed by atoms with van der Waals surface area (Å²) >= 11 is 0. The van der Waals surface area contributed by atoms with Crippen LogP contribution in [0.15, 0.2) is 24.3 Å². The average molecular weight is 260 g/mol. The molecule has 3 heteroatoms. The zero-order valence-corrected chi connectivity index (χ0v) is 11.8. The van der Waals surface area contributed by atoms with Crippen molar-refractivity contribution in [2.45, 2.75) is 45.4 Å². The third kappa shape index (κ3) is 4.27. The van der Waals surface area contributed by atoms with Gasteiger partial charge in [0.25, 0.3) is 0 Å². The van der Waals surface area contributed by atoms with Crippen LogP contribution in [0.2, 0.25) is 0 Å². The molecule has 1 aromatic rings. The lowest BCUT2D eigenvalue weighted by Gasteiger charge is -2.29. The number of hydrogen-bond donors (Lipinski definition) is 1. The molecule has 19 heavy (non-hydrogen) atoms. The Morgan fingerprint density at radius 2 is 2.05 bits per heavy atom. The molecule has 0 atom stereocenters. The van der Waals surface area contributed by atoms with E-state index in [2.05, 4.69) is 29.3 Å². The van der Waals surface area contributed by atoms with Crippen LogP contribution in [-0.4, -0.2) is 19.0 Å². The standard InChI is InChI=1S/C16H24N2O/c1-2-3-10-16(19)17-14-8-7-9-15(13-14)18-11-5-4-6-12-18/h7-9,13H,2-6,10-12H2,1H3,(H,17,19). The van der Waals surface area contributed by atoms with Crippen LogP contribution in [0.5, 0.6) is 0 Å². The van der Waals surface area contributed by atoms with Gasteiger partial charge in [-0.15, -0.1) is 0 Å². The summed E-state index contributed by atoms with van der Waals surface area (Å²) in [6.07, 6.45) is 6.51. The lowest BCUT2D eigenvalue weighted by molar-refractivity contribution is -0.116. The van der Waals surface area contributed by atoms with Crippen molar-refractivity contribution in [3.05, 3.63) is 24.3 Å². The zero-order chi connectivity index (χ0) is 13.5. The molecule has 1 aliphatic heterocycles. The molecule has 1 heterocycles. The molecule has 0 aromatic heterocycles. The number of piperidine rings is 1. The Morgan fingerprint density at radius 1 is 1.26 bits per heavy atom. The Balaban J connectivity index is 1.96. The van der Waals surface area contributed by atoms with Crippen LogP contribution in [0.25, 0.3) is 0 Å². The van der Waals surface area contributed by atoms with Crippen LogP contribution in [0.4, 0.5) is 11.4 Å². The summed E-state index contributed by atoms with van der Waals surface area (Å²) < 4.78 is 0. The van der Waals surface area contributed by atoms with Crippen molar-refractivity contribution < 1.29 is 4.79 Å². The summed E-state index contributed by atoms with van der Waals surface area (Å²) in [5, 5.41) is 2.99. The molecular formula is C16H24N2O. The first-order valence-corrected chi connectivity index (χ1v) is 7.44. The highest BCUT2D eigenvalue weighted by Gasteiger charge is 2.11. The quantitative estimate of drug-likeness (QED) is 0.873. The fraction of sp³-hybridized carbons (Fsp3) is 0.562. The first kappa shape index (κ1) is 13.9. The molecule has 3 nitrogen and oxygen atoms in total. The van der Waals surface area contributed by atoms with Crippen molar-refractivity contribution >= 4 is 17.3 Å². The maximum atomic E-state index is 11.7. The minimum Gasteiger partial charge on any atom is -0.371 e. The van der Waals surface area contributed by atoms with Crippen molar-refractivity contribution in [1.29, 1.82) is 0 Å². The Kier molecular flexibility index (Phi) is 5.25. The van der Waals surface area contributed by atoms with Crippen molar-refractivity contribution in [3.8, 4) is 0 Å². The first-order chi connectivity index (χ1) is 9.29. The molecule has 1 amide bonds. The smallest absolute Gasteiger partial charge is 0.224 e. The van der Waals surface area contributed by atoms with Gasteiger partial charge in [0.15, 0.2) is 0 Å². The van der Waals surface area contributed by atoms with Crippen LogP contribution < -0.4 is 10.2 Å². The summed E-state index contributed by atoms with van der Waals surface area (Å²) in [7, 11) is 0. The van der Waals surface area contributed by atoms with E-state index in [1.807, 2.05) is 12.1 Å². The lowest BCUT2D eigenvalue weighted by atomic mass is 10.1. The molecule has 1 fully saturated rings. The molecule has 0 radical (unpaired) electrons. The van der Waals surface area contributed by atoms with Gasteiger partial charge in [-0.2, -0.15) is 0 Å². The molecule has 1 aliphatic rings. The van der Waals surface area contributed by atoms with E-state index in [0.29, 0.717) is 6.42 Å². The Hall–Kier alpha value is -1.51. The minimum absolute atomic E-state index is 0.123. The topological polar surface area (TPSA) is 32.3 Å². The normalized spacial score (nSPS) is 15.3. The van der Waals surface area contributed by atoms with Crippen LogP contribution in [0, 0.1) is 0 Å². The average Bonchev–Trinajstić information content (AvgIpc) is 2.46. The second-order valence-corrected chi connectivity index (χ2v) is 5.25. The van der Waals surface area contributed by atoms with E-state index in [-0.39, 0.29) is 5.91 Å². The SMILES string of the molecule is CCCCC(=O)Nc1cccc(N2CCCCC2)c1. The molecule has 0 saturated carbocycles. The number of nitrogens with one attached hydrogen (secondary N) is 1. The number of amides is 1. The van der Waals surface area contributed by atoms with Gasteiger partial charge < -0.3 is 10.2 Å². The van der Waals surface area contributed by atoms with E-state index in [4.69, 9.17) is 0 Å². The van der Waals surface area contributed by atoms with E-state index in [1.165, 1.54) is 24.9 Å². The highest BCUT2D eigenvalue weighted by atomic mass is 16.1. The zero-order valence-electron chi connectivity index (χ0n) is 11.8. The number of carbonyl (C=O) groups excluding carboxylic acids is 1. The fourth-order valence-electron chi connectivity index (χ4n) is 2.49. The molecule has 0 unspecified atom stereocenters. The number of nitrogens with zero attached hydrogens (tertiary/aromatic N) is 1. The summed E-state index contributed by atoms with van der Waals surface area (Å²) in [5.74, 6) is 0.123. The van der Waals surface area contributed by atoms with Gasteiger partial charge in [0, 0.05) is 30.9 Å². The van der Waals surface area contributed by atoms with Crippen LogP contribution >= 0.6 is 0 Å². The Labute approximate surface area is 116 Å². The molecule has 1 N–H and O–H groups in total. The van der Waals surface area contributed by atoms with Gasteiger partial charge in [-0.3, -0.25) is 4.79 Å². The number of unbranched alkanes of at least 4 members (excludes halogenated alkanes) is 1. The highest BCUT2D eigenvalue weighted by molar-refractivity contribution is 5.91. The van der Waals surface area contributed by atoms with Gasteiger partial charge in [0.1, 0.15) is 0 Å². The largest absolute Gasteiger partial charge is 0.371 e. The number of carbonyl (C=O) groups is 1. The maximum Gasteiger partial charge on any atom is 0.224 e. The van der Waals surface area contributed by atoms with Gasteiger partial charge >= 0.3 is 0 Å². The van der Waals surface area contributed by atoms with E-state index >= 15 is 0 Å². The van der Waals surface area contributed by atoms with Crippen molar-refractivity contribution in [2.24, 2.45) is 0 Å². The maximum absolute atomic E-state index is 11.7. The molecule has 0 bridgehead atoms. The molecule has 104 valence electrons. The van der Waals surface area contributed by atoms with Crippen LogP contribution in [0.3, 0.4) is 0 Å². The number of rotatable bonds is 5. The molecule has 1 saturated heterocycles. The Bertz CT molecular complexity index is 411. The lowest BCUT2D eigenvalue weighted by Crippen LogP contribution is -2.29. The third-order valence-corrected chi connectivity index (χ3v) is 3.61. The summed E-state index contributed by atoms with van der Waals surface area (Å²) in [5.41, 5.74) is 2.15. The first-order valence-electron chi connectivity index (χ1n) is 7.44.